The van der Waals surface area contributed by atoms with Gasteiger partial charge in [-0.05, 0) is 41.7 Å². The number of rotatable bonds is 9. The maximum atomic E-state index is 3.49. The standard InChI is InChI=1S/C25H26BrN/c26-25-17-15-22(16-18-25)10-8-3-9-19-27(20-23-11-4-1-5-12-23)21-24-13-6-2-7-14-24/h1-7,9,11-18H,8,10,19-21H2/b9-3+. The van der Waals surface area contributed by atoms with E-state index in [0.29, 0.717) is 0 Å². The molecule has 0 N–H and O–H groups in total. The molecule has 0 aromatic heterocycles. The highest BCUT2D eigenvalue weighted by Gasteiger charge is 2.05. The average molecular weight is 420 g/mol. The fourth-order valence-electron chi connectivity index (χ4n) is 3.11. The third kappa shape index (κ3) is 7.16. The molecule has 0 saturated heterocycles. The maximum absolute atomic E-state index is 3.49. The van der Waals surface area contributed by atoms with Gasteiger partial charge in [-0.25, -0.2) is 0 Å². The predicted octanol–water partition coefficient (Wildman–Crippen LogP) is 6.64. The van der Waals surface area contributed by atoms with Gasteiger partial charge in [0.05, 0.1) is 0 Å². The van der Waals surface area contributed by atoms with E-state index in [1.54, 1.807) is 0 Å². The number of hydrogen-bond acceptors (Lipinski definition) is 1. The highest BCUT2D eigenvalue weighted by molar-refractivity contribution is 9.10. The van der Waals surface area contributed by atoms with Crippen molar-refractivity contribution in [1.82, 2.24) is 4.90 Å². The largest absolute Gasteiger partial charge is 0.291 e. The molecule has 0 aliphatic rings. The van der Waals surface area contributed by atoms with Crippen molar-refractivity contribution >= 4 is 15.9 Å². The summed E-state index contributed by atoms with van der Waals surface area (Å²) >= 11 is 3.49. The van der Waals surface area contributed by atoms with Crippen molar-refractivity contribution in [2.45, 2.75) is 25.9 Å². The van der Waals surface area contributed by atoms with Crippen LogP contribution in [0.4, 0.5) is 0 Å². The first-order chi connectivity index (χ1) is 13.3. The molecule has 0 heterocycles. The second kappa shape index (κ2) is 10.9. The van der Waals surface area contributed by atoms with E-state index in [9.17, 15) is 0 Å². The molecular weight excluding hydrogens is 394 g/mol. The second-order valence-corrected chi connectivity index (χ2v) is 7.69. The van der Waals surface area contributed by atoms with Crippen LogP contribution in [0, 0.1) is 0 Å². The molecule has 0 amide bonds. The normalized spacial score (nSPS) is 11.3. The molecule has 27 heavy (non-hydrogen) atoms. The number of benzene rings is 3. The molecular formula is C25H26BrN. The Kier molecular flexibility index (Phi) is 7.88. The molecule has 0 unspecified atom stereocenters. The molecule has 0 spiro atoms. The van der Waals surface area contributed by atoms with Crippen LogP contribution in [-0.4, -0.2) is 11.4 Å². The number of hydrogen-bond donors (Lipinski definition) is 0. The van der Waals surface area contributed by atoms with Gasteiger partial charge in [-0.2, -0.15) is 0 Å². The average Bonchev–Trinajstić information content (AvgIpc) is 2.70. The van der Waals surface area contributed by atoms with E-state index in [4.69, 9.17) is 0 Å². The van der Waals surface area contributed by atoms with Gasteiger partial charge in [0.25, 0.3) is 0 Å². The van der Waals surface area contributed by atoms with Crippen molar-refractivity contribution in [2.75, 3.05) is 6.54 Å². The summed E-state index contributed by atoms with van der Waals surface area (Å²) < 4.78 is 1.14. The Morgan fingerprint density at radius 3 is 1.74 bits per heavy atom. The molecule has 0 bridgehead atoms. The maximum Gasteiger partial charge on any atom is 0.0240 e. The summed E-state index contributed by atoms with van der Waals surface area (Å²) in [7, 11) is 0. The van der Waals surface area contributed by atoms with Gasteiger partial charge in [-0.1, -0.05) is 101 Å². The van der Waals surface area contributed by atoms with Crippen molar-refractivity contribution in [3.8, 4) is 0 Å². The van der Waals surface area contributed by atoms with Gasteiger partial charge in [0, 0.05) is 24.1 Å². The molecule has 0 radical (unpaired) electrons. The van der Waals surface area contributed by atoms with E-state index in [2.05, 4.69) is 118 Å². The lowest BCUT2D eigenvalue weighted by atomic mass is 10.1. The third-order valence-corrected chi connectivity index (χ3v) is 5.07. The summed E-state index contributed by atoms with van der Waals surface area (Å²) in [6, 6.07) is 30.0. The van der Waals surface area contributed by atoms with Gasteiger partial charge in [0.15, 0.2) is 0 Å². The minimum atomic E-state index is 0.962. The van der Waals surface area contributed by atoms with Crippen LogP contribution >= 0.6 is 15.9 Å². The molecule has 1 nitrogen and oxygen atoms in total. The monoisotopic (exact) mass is 419 g/mol. The Hall–Kier alpha value is -2.16. The fourth-order valence-corrected chi connectivity index (χ4v) is 3.38. The SMILES string of the molecule is Brc1ccc(CC/C=C/CN(Cc2ccccc2)Cc2ccccc2)cc1. The minimum Gasteiger partial charge on any atom is -0.291 e. The zero-order valence-corrected chi connectivity index (χ0v) is 17.2. The Morgan fingerprint density at radius 2 is 1.19 bits per heavy atom. The zero-order valence-electron chi connectivity index (χ0n) is 15.6. The van der Waals surface area contributed by atoms with Crippen LogP contribution in [0.3, 0.4) is 0 Å². The van der Waals surface area contributed by atoms with Crippen LogP contribution in [0.2, 0.25) is 0 Å². The first-order valence-corrected chi connectivity index (χ1v) is 10.3. The van der Waals surface area contributed by atoms with E-state index in [-0.39, 0.29) is 0 Å². The number of nitrogens with zero attached hydrogens (tertiary/aromatic N) is 1. The van der Waals surface area contributed by atoms with Crippen molar-refractivity contribution in [3.63, 3.8) is 0 Å². The second-order valence-electron chi connectivity index (χ2n) is 6.78. The van der Waals surface area contributed by atoms with Crippen LogP contribution < -0.4 is 0 Å². The van der Waals surface area contributed by atoms with Gasteiger partial charge in [0.1, 0.15) is 0 Å². The van der Waals surface area contributed by atoms with Crippen LogP contribution in [0.5, 0.6) is 0 Å². The predicted molar refractivity (Wildman–Crippen MR) is 119 cm³/mol. The van der Waals surface area contributed by atoms with Crippen LogP contribution in [-0.2, 0) is 19.5 Å². The summed E-state index contributed by atoms with van der Waals surface area (Å²) in [4.78, 5) is 2.49. The lowest BCUT2D eigenvalue weighted by Crippen LogP contribution is -2.22. The highest BCUT2D eigenvalue weighted by atomic mass is 79.9. The summed E-state index contributed by atoms with van der Waals surface area (Å²) in [6.07, 6.45) is 6.78. The van der Waals surface area contributed by atoms with E-state index >= 15 is 0 Å². The van der Waals surface area contributed by atoms with Crippen LogP contribution in [0.15, 0.2) is 102 Å². The molecule has 0 aliphatic carbocycles. The third-order valence-electron chi connectivity index (χ3n) is 4.54. The molecule has 0 saturated carbocycles. The summed E-state index contributed by atoms with van der Waals surface area (Å²) in [5.41, 5.74) is 4.10. The van der Waals surface area contributed by atoms with Crippen LogP contribution in [0.25, 0.3) is 0 Å². The zero-order chi connectivity index (χ0) is 18.7. The first-order valence-electron chi connectivity index (χ1n) is 9.49. The minimum absolute atomic E-state index is 0.962. The number of allylic oxidation sites excluding steroid dienone is 1. The lowest BCUT2D eigenvalue weighted by Gasteiger charge is -2.21. The Balaban J connectivity index is 1.54. The first kappa shape index (κ1) is 19.6. The molecule has 0 fully saturated rings. The van der Waals surface area contributed by atoms with Crippen molar-refractivity contribution in [2.24, 2.45) is 0 Å². The number of aryl methyl sites for hydroxylation is 1. The van der Waals surface area contributed by atoms with Crippen LogP contribution in [0.1, 0.15) is 23.1 Å². The highest BCUT2D eigenvalue weighted by Crippen LogP contribution is 2.13. The topological polar surface area (TPSA) is 3.24 Å². The van der Waals surface area contributed by atoms with E-state index < -0.39 is 0 Å². The molecule has 2 heteroatoms. The Bertz CT molecular complexity index is 768. The van der Waals surface area contributed by atoms with Crippen molar-refractivity contribution < 1.29 is 0 Å². The molecule has 3 rings (SSSR count). The summed E-state index contributed by atoms with van der Waals surface area (Å²) in [5.74, 6) is 0. The molecule has 3 aromatic carbocycles. The molecule has 3 aromatic rings. The summed E-state index contributed by atoms with van der Waals surface area (Å²) in [6.45, 7) is 2.89. The van der Waals surface area contributed by atoms with Gasteiger partial charge in [-0.15, -0.1) is 0 Å². The molecule has 0 atom stereocenters. The molecule has 138 valence electrons. The molecule has 0 aliphatic heterocycles. The Morgan fingerprint density at radius 1 is 0.630 bits per heavy atom. The van der Waals surface area contributed by atoms with E-state index in [1.165, 1.54) is 16.7 Å². The van der Waals surface area contributed by atoms with Gasteiger partial charge >= 0.3 is 0 Å². The quantitative estimate of drug-likeness (QED) is 0.351. The van der Waals surface area contributed by atoms with E-state index in [0.717, 1.165) is 36.9 Å². The van der Waals surface area contributed by atoms with Gasteiger partial charge < -0.3 is 0 Å². The lowest BCUT2D eigenvalue weighted by molar-refractivity contribution is 0.286. The van der Waals surface area contributed by atoms with Crippen molar-refractivity contribution in [3.05, 3.63) is 118 Å². The smallest absolute Gasteiger partial charge is 0.0240 e. The Labute approximate surface area is 171 Å². The van der Waals surface area contributed by atoms with E-state index in [1.807, 2.05) is 0 Å². The van der Waals surface area contributed by atoms with Crippen molar-refractivity contribution in [1.29, 1.82) is 0 Å². The summed E-state index contributed by atoms with van der Waals surface area (Å²) in [5, 5.41) is 0. The van der Waals surface area contributed by atoms with Gasteiger partial charge in [-0.3, -0.25) is 4.90 Å². The number of halogens is 1. The van der Waals surface area contributed by atoms with Gasteiger partial charge in [0.2, 0.25) is 0 Å². The fraction of sp³-hybridized carbons (Fsp3) is 0.200.